The zero-order valence-electron chi connectivity index (χ0n) is 10.9. The van der Waals surface area contributed by atoms with Gasteiger partial charge in [-0.3, -0.25) is 4.79 Å². The van der Waals surface area contributed by atoms with E-state index in [1.807, 2.05) is 6.92 Å². The molecule has 0 unspecified atom stereocenters. The van der Waals surface area contributed by atoms with Crippen molar-refractivity contribution in [3.05, 3.63) is 29.1 Å². The normalized spacial score (nSPS) is 11.4. The van der Waals surface area contributed by atoms with E-state index in [1.54, 1.807) is 0 Å². The van der Waals surface area contributed by atoms with Gasteiger partial charge in [0.1, 0.15) is 10.7 Å². The van der Waals surface area contributed by atoms with Gasteiger partial charge in [-0.2, -0.15) is 0 Å². The summed E-state index contributed by atoms with van der Waals surface area (Å²) in [4.78, 5) is 11.1. The maximum absolute atomic E-state index is 13.7. The number of aryl methyl sites for hydroxylation is 1. The Labute approximate surface area is 112 Å². The first-order chi connectivity index (χ1) is 8.77. The second kappa shape index (κ2) is 6.12. The van der Waals surface area contributed by atoms with Gasteiger partial charge < -0.3 is 5.32 Å². The number of halogens is 1. The fourth-order valence-electron chi connectivity index (χ4n) is 1.56. The average Bonchev–Trinajstić information content (AvgIpc) is 2.31. The van der Waals surface area contributed by atoms with E-state index in [0.717, 1.165) is 18.9 Å². The quantitative estimate of drug-likeness (QED) is 0.801. The van der Waals surface area contributed by atoms with Gasteiger partial charge in [0.2, 0.25) is 10.0 Å². The second-order valence-electron chi connectivity index (χ2n) is 4.26. The maximum Gasteiger partial charge on any atom is 0.251 e. The molecule has 0 radical (unpaired) electrons. The lowest BCUT2D eigenvalue weighted by molar-refractivity contribution is 0.0953. The van der Waals surface area contributed by atoms with Crippen LogP contribution in [-0.4, -0.2) is 20.9 Å². The van der Waals surface area contributed by atoms with E-state index in [2.05, 4.69) is 5.32 Å². The predicted octanol–water partition coefficient (Wildman–Crippen LogP) is 1.31. The van der Waals surface area contributed by atoms with Crippen molar-refractivity contribution in [1.29, 1.82) is 0 Å². The number of nitrogens with two attached hydrogens (primary N) is 1. The molecule has 0 heterocycles. The SMILES string of the molecule is CCCCNC(=O)c1cc(C)c(F)c(S(N)(=O)=O)c1. The van der Waals surface area contributed by atoms with Crippen molar-refractivity contribution in [1.82, 2.24) is 5.32 Å². The molecule has 1 aromatic carbocycles. The summed E-state index contributed by atoms with van der Waals surface area (Å²) in [6.07, 6.45) is 1.74. The zero-order chi connectivity index (χ0) is 14.6. The summed E-state index contributed by atoms with van der Waals surface area (Å²) < 4.78 is 36.2. The van der Waals surface area contributed by atoms with Crippen molar-refractivity contribution in [2.75, 3.05) is 6.54 Å². The Balaban J connectivity index is 3.11. The van der Waals surface area contributed by atoms with Crippen molar-refractivity contribution >= 4 is 15.9 Å². The number of hydrogen-bond acceptors (Lipinski definition) is 3. The number of primary sulfonamides is 1. The van der Waals surface area contributed by atoms with Crippen LogP contribution in [-0.2, 0) is 10.0 Å². The van der Waals surface area contributed by atoms with E-state index < -0.39 is 26.6 Å². The van der Waals surface area contributed by atoms with Crippen LogP contribution in [0.4, 0.5) is 4.39 Å². The Morgan fingerprint density at radius 1 is 1.42 bits per heavy atom. The number of nitrogens with one attached hydrogen (secondary N) is 1. The molecule has 0 aliphatic heterocycles. The smallest absolute Gasteiger partial charge is 0.251 e. The Morgan fingerprint density at radius 2 is 2.05 bits per heavy atom. The van der Waals surface area contributed by atoms with E-state index in [0.29, 0.717) is 6.54 Å². The topological polar surface area (TPSA) is 89.3 Å². The van der Waals surface area contributed by atoms with Crippen LogP contribution in [0.25, 0.3) is 0 Å². The lowest BCUT2D eigenvalue weighted by Gasteiger charge is -2.09. The molecule has 0 saturated heterocycles. The van der Waals surface area contributed by atoms with Gasteiger partial charge in [-0.05, 0) is 31.0 Å². The first-order valence-corrected chi connectivity index (χ1v) is 7.43. The molecule has 0 spiro atoms. The molecule has 1 amide bonds. The highest BCUT2D eigenvalue weighted by Gasteiger charge is 2.19. The molecule has 0 aromatic heterocycles. The number of rotatable bonds is 5. The first-order valence-electron chi connectivity index (χ1n) is 5.88. The molecule has 0 aliphatic carbocycles. The fourth-order valence-corrected chi connectivity index (χ4v) is 2.26. The van der Waals surface area contributed by atoms with Crippen LogP contribution >= 0.6 is 0 Å². The maximum atomic E-state index is 13.7. The van der Waals surface area contributed by atoms with E-state index in [9.17, 15) is 17.6 Å². The highest BCUT2D eigenvalue weighted by Crippen LogP contribution is 2.19. The minimum Gasteiger partial charge on any atom is -0.352 e. The average molecular weight is 288 g/mol. The van der Waals surface area contributed by atoms with Gasteiger partial charge in [-0.25, -0.2) is 17.9 Å². The number of carbonyl (C=O) groups is 1. The molecule has 7 heteroatoms. The molecule has 0 fully saturated rings. The highest BCUT2D eigenvalue weighted by molar-refractivity contribution is 7.89. The number of sulfonamides is 1. The number of amides is 1. The van der Waals surface area contributed by atoms with Gasteiger partial charge in [-0.15, -0.1) is 0 Å². The Bertz CT molecular complexity index is 585. The van der Waals surface area contributed by atoms with Gasteiger partial charge in [0.15, 0.2) is 0 Å². The molecule has 0 aliphatic rings. The molecule has 0 atom stereocenters. The minimum absolute atomic E-state index is 0.0622. The minimum atomic E-state index is -4.19. The largest absolute Gasteiger partial charge is 0.352 e. The highest BCUT2D eigenvalue weighted by atomic mass is 32.2. The van der Waals surface area contributed by atoms with Crippen molar-refractivity contribution in [3.8, 4) is 0 Å². The molecule has 3 N–H and O–H groups in total. The number of hydrogen-bond donors (Lipinski definition) is 2. The molecule has 106 valence electrons. The lowest BCUT2D eigenvalue weighted by atomic mass is 10.1. The fraction of sp³-hybridized carbons (Fsp3) is 0.417. The Morgan fingerprint density at radius 3 is 2.58 bits per heavy atom. The third-order valence-corrected chi connectivity index (χ3v) is 3.52. The van der Waals surface area contributed by atoms with Gasteiger partial charge >= 0.3 is 0 Å². The zero-order valence-corrected chi connectivity index (χ0v) is 11.7. The lowest BCUT2D eigenvalue weighted by Crippen LogP contribution is -2.25. The number of benzene rings is 1. The van der Waals surface area contributed by atoms with Crippen LogP contribution in [0.2, 0.25) is 0 Å². The molecule has 0 bridgehead atoms. The van der Waals surface area contributed by atoms with Crippen molar-refractivity contribution in [2.24, 2.45) is 5.14 Å². The summed E-state index contributed by atoms with van der Waals surface area (Å²) in [5.41, 5.74) is 0.145. The standard InChI is InChI=1S/C12H17FN2O3S/c1-3-4-5-15-12(16)9-6-8(2)11(13)10(7-9)19(14,17)18/h6-7H,3-5H2,1-2H3,(H,15,16)(H2,14,17,18). The van der Waals surface area contributed by atoms with Crippen LogP contribution in [0.15, 0.2) is 17.0 Å². The van der Waals surface area contributed by atoms with Crippen LogP contribution < -0.4 is 10.5 Å². The third kappa shape index (κ3) is 4.00. The Kier molecular flexibility index (Phi) is 5.02. The van der Waals surface area contributed by atoms with Crippen molar-refractivity contribution in [3.63, 3.8) is 0 Å². The number of unbranched alkanes of at least 4 members (excludes halogenated alkanes) is 1. The summed E-state index contributed by atoms with van der Waals surface area (Å²) in [5.74, 6) is -1.37. The van der Waals surface area contributed by atoms with Crippen LogP contribution in [0.3, 0.4) is 0 Å². The summed E-state index contributed by atoms with van der Waals surface area (Å²) in [6.45, 7) is 3.84. The van der Waals surface area contributed by atoms with Gasteiger partial charge in [0, 0.05) is 12.1 Å². The van der Waals surface area contributed by atoms with Crippen LogP contribution in [0.5, 0.6) is 0 Å². The molecular formula is C12H17FN2O3S. The van der Waals surface area contributed by atoms with E-state index in [4.69, 9.17) is 5.14 Å². The summed E-state index contributed by atoms with van der Waals surface area (Å²) in [5, 5.41) is 7.55. The molecular weight excluding hydrogens is 271 g/mol. The summed E-state index contributed by atoms with van der Waals surface area (Å²) in [6, 6.07) is 2.25. The van der Waals surface area contributed by atoms with Crippen molar-refractivity contribution in [2.45, 2.75) is 31.6 Å². The third-order valence-electron chi connectivity index (χ3n) is 2.61. The van der Waals surface area contributed by atoms with Crippen LogP contribution in [0, 0.1) is 12.7 Å². The molecule has 0 saturated carbocycles. The molecule has 1 rings (SSSR count). The van der Waals surface area contributed by atoms with Gasteiger partial charge in [0.25, 0.3) is 5.91 Å². The predicted molar refractivity (Wildman–Crippen MR) is 69.8 cm³/mol. The monoisotopic (exact) mass is 288 g/mol. The summed E-state index contributed by atoms with van der Waals surface area (Å²) >= 11 is 0. The van der Waals surface area contributed by atoms with Crippen LogP contribution in [0.1, 0.15) is 35.7 Å². The van der Waals surface area contributed by atoms with Gasteiger partial charge in [-0.1, -0.05) is 13.3 Å². The molecule has 19 heavy (non-hydrogen) atoms. The van der Waals surface area contributed by atoms with E-state index in [1.165, 1.54) is 13.0 Å². The van der Waals surface area contributed by atoms with Gasteiger partial charge in [0.05, 0.1) is 0 Å². The molecule has 5 nitrogen and oxygen atoms in total. The number of carbonyl (C=O) groups excluding carboxylic acids is 1. The van der Waals surface area contributed by atoms with E-state index >= 15 is 0 Å². The first kappa shape index (κ1) is 15.6. The van der Waals surface area contributed by atoms with Crippen molar-refractivity contribution < 1.29 is 17.6 Å². The second-order valence-corrected chi connectivity index (χ2v) is 5.79. The van der Waals surface area contributed by atoms with E-state index in [-0.39, 0.29) is 11.1 Å². The molecule has 1 aromatic rings. The summed E-state index contributed by atoms with van der Waals surface area (Å²) in [7, 11) is -4.19. The Hall–Kier alpha value is -1.47.